The zero-order chi connectivity index (χ0) is 9.80. The lowest BCUT2D eigenvalue weighted by molar-refractivity contribution is 0.346. The average Bonchev–Trinajstić information content (AvgIpc) is 2.63. The van der Waals surface area contributed by atoms with Gasteiger partial charge in [-0.3, -0.25) is 0 Å². The van der Waals surface area contributed by atoms with Crippen LogP contribution in [0.2, 0.25) is 0 Å². The van der Waals surface area contributed by atoms with Crippen LogP contribution in [0.5, 0.6) is 0 Å². The number of rotatable bonds is 3. The predicted octanol–water partition coefficient (Wildman–Crippen LogP) is 0.280. The maximum absolute atomic E-state index is 3.72. The van der Waals surface area contributed by atoms with Crippen molar-refractivity contribution in [3.63, 3.8) is 0 Å². The van der Waals surface area contributed by atoms with Gasteiger partial charge in [-0.25, -0.2) is 0 Å². The molecule has 2 aliphatic heterocycles. The van der Waals surface area contributed by atoms with Crippen molar-refractivity contribution in [3.05, 3.63) is 0 Å². The second kappa shape index (κ2) is 5.10. The van der Waals surface area contributed by atoms with Crippen LogP contribution in [0.15, 0.2) is 0 Å². The summed E-state index contributed by atoms with van der Waals surface area (Å²) in [6, 6.07) is 0.780. The third kappa shape index (κ3) is 2.94. The minimum absolute atomic E-state index is 0.780. The summed E-state index contributed by atoms with van der Waals surface area (Å²) in [5, 5.41) is 7.12. The molecule has 0 bridgehead atoms. The van der Waals surface area contributed by atoms with Gasteiger partial charge in [0.1, 0.15) is 0 Å². The van der Waals surface area contributed by atoms with Crippen molar-refractivity contribution in [2.75, 3.05) is 39.8 Å². The first-order valence-corrected chi connectivity index (χ1v) is 5.97. The van der Waals surface area contributed by atoms with Crippen molar-refractivity contribution in [2.24, 2.45) is 5.92 Å². The topological polar surface area (TPSA) is 27.3 Å². The zero-order valence-electron chi connectivity index (χ0n) is 9.26. The quantitative estimate of drug-likeness (QED) is 0.680. The molecule has 0 aromatic carbocycles. The van der Waals surface area contributed by atoms with Crippen molar-refractivity contribution < 1.29 is 0 Å². The van der Waals surface area contributed by atoms with Crippen LogP contribution in [-0.4, -0.2) is 50.7 Å². The molecule has 14 heavy (non-hydrogen) atoms. The van der Waals surface area contributed by atoms with Crippen molar-refractivity contribution in [3.8, 4) is 0 Å². The number of hydrogen-bond donors (Lipinski definition) is 2. The Labute approximate surface area is 87.2 Å². The maximum Gasteiger partial charge on any atom is 0.00913 e. The molecule has 2 rings (SSSR count). The summed E-state index contributed by atoms with van der Waals surface area (Å²) in [7, 11) is 2.23. The molecule has 82 valence electrons. The second-order valence-electron chi connectivity index (χ2n) is 4.85. The molecule has 0 spiro atoms. The number of hydrogen-bond acceptors (Lipinski definition) is 3. The number of piperidine rings is 1. The van der Waals surface area contributed by atoms with Crippen LogP contribution in [0, 0.1) is 5.92 Å². The van der Waals surface area contributed by atoms with Gasteiger partial charge in [0.05, 0.1) is 0 Å². The fourth-order valence-electron chi connectivity index (χ4n) is 2.55. The van der Waals surface area contributed by atoms with Crippen molar-refractivity contribution in [2.45, 2.75) is 25.3 Å². The van der Waals surface area contributed by atoms with Gasteiger partial charge in [0.2, 0.25) is 0 Å². The van der Waals surface area contributed by atoms with E-state index in [0.29, 0.717) is 0 Å². The Kier molecular flexibility index (Phi) is 3.79. The molecule has 3 heteroatoms. The zero-order valence-corrected chi connectivity index (χ0v) is 9.26. The summed E-state index contributed by atoms with van der Waals surface area (Å²) < 4.78 is 0. The Morgan fingerprint density at radius 3 is 2.71 bits per heavy atom. The Bertz CT molecular complexity index is 161. The fraction of sp³-hybridized carbons (Fsp3) is 1.00. The summed E-state index contributed by atoms with van der Waals surface area (Å²) in [5.74, 6) is 0.898. The molecule has 0 aliphatic carbocycles. The van der Waals surface area contributed by atoms with E-state index in [1.54, 1.807) is 0 Å². The minimum atomic E-state index is 0.780. The molecule has 1 atom stereocenters. The SMILES string of the molecule is CN1CCC(CNC2CCNCC2)C1. The van der Waals surface area contributed by atoms with Gasteiger partial charge in [-0.1, -0.05) is 0 Å². The van der Waals surface area contributed by atoms with E-state index in [1.807, 2.05) is 0 Å². The molecule has 0 aromatic heterocycles. The molecule has 1 unspecified atom stereocenters. The molecule has 3 nitrogen and oxygen atoms in total. The van der Waals surface area contributed by atoms with E-state index in [0.717, 1.165) is 12.0 Å². The van der Waals surface area contributed by atoms with Gasteiger partial charge in [-0.15, -0.1) is 0 Å². The monoisotopic (exact) mass is 197 g/mol. The minimum Gasteiger partial charge on any atom is -0.317 e. The van der Waals surface area contributed by atoms with E-state index >= 15 is 0 Å². The fourth-order valence-corrected chi connectivity index (χ4v) is 2.55. The normalized spacial score (nSPS) is 31.1. The van der Waals surface area contributed by atoms with Gasteiger partial charge in [-0.2, -0.15) is 0 Å². The second-order valence-corrected chi connectivity index (χ2v) is 4.85. The molecular weight excluding hydrogens is 174 g/mol. The third-order valence-corrected chi connectivity index (χ3v) is 3.52. The Morgan fingerprint density at radius 2 is 2.07 bits per heavy atom. The maximum atomic E-state index is 3.72. The molecule has 0 amide bonds. The molecule has 2 aliphatic rings. The van der Waals surface area contributed by atoms with Crippen molar-refractivity contribution in [1.82, 2.24) is 15.5 Å². The van der Waals surface area contributed by atoms with E-state index in [2.05, 4.69) is 22.6 Å². The summed E-state index contributed by atoms with van der Waals surface area (Å²) in [4.78, 5) is 2.44. The van der Waals surface area contributed by atoms with Gasteiger partial charge in [0, 0.05) is 12.6 Å². The Morgan fingerprint density at radius 1 is 1.29 bits per heavy atom. The van der Waals surface area contributed by atoms with Crippen LogP contribution in [0.4, 0.5) is 0 Å². The van der Waals surface area contributed by atoms with Crippen LogP contribution in [0.1, 0.15) is 19.3 Å². The van der Waals surface area contributed by atoms with Gasteiger partial charge < -0.3 is 15.5 Å². The summed E-state index contributed by atoms with van der Waals surface area (Å²) >= 11 is 0. The van der Waals surface area contributed by atoms with E-state index in [-0.39, 0.29) is 0 Å². The Balaban J connectivity index is 1.61. The number of likely N-dealkylation sites (tertiary alicyclic amines) is 1. The first-order valence-electron chi connectivity index (χ1n) is 5.97. The highest BCUT2D eigenvalue weighted by molar-refractivity contribution is 4.79. The van der Waals surface area contributed by atoms with Crippen molar-refractivity contribution in [1.29, 1.82) is 0 Å². The lowest BCUT2D eigenvalue weighted by atomic mass is 10.0. The highest BCUT2D eigenvalue weighted by Gasteiger charge is 2.20. The van der Waals surface area contributed by atoms with Gasteiger partial charge in [0.15, 0.2) is 0 Å². The van der Waals surface area contributed by atoms with Gasteiger partial charge >= 0.3 is 0 Å². The lowest BCUT2D eigenvalue weighted by Crippen LogP contribution is -2.42. The first kappa shape index (κ1) is 10.4. The van der Waals surface area contributed by atoms with Gasteiger partial charge in [0.25, 0.3) is 0 Å². The smallest absolute Gasteiger partial charge is 0.00913 e. The highest BCUT2D eigenvalue weighted by atomic mass is 15.1. The highest BCUT2D eigenvalue weighted by Crippen LogP contribution is 2.13. The van der Waals surface area contributed by atoms with Crippen LogP contribution >= 0.6 is 0 Å². The molecule has 0 radical (unpaired) electrons. The molecular formula is C11H23N3. The van der Waals surface area contributed by atoms with E-state index in [9.17, 15) is 0 Å². The molecule has 2 saturated heterocycles. The molecule has 0 aromatic rings. The van der Waals surface area contributed by atoms with E-state index in [1.165, 1.54) is 52.0 Å². The molecule has 2 heterocycles. The van der Waals surface area contributed by atoms with Crippen molar-refractivity contribution >= 4 is 0 Å². The third-order valence-electron chi connectivity index (χ3n) is 3.52. The van der Waals surface area contributed by atoms with E-state index < -0.39 is 0 Å². The van der Waals surface area contributed by atoms with Crippen LogP contribution in [0.3, 0.4) is 0 Å². The van der Waals surface area contributed by atoms with Gasteiger partial charge in [-0.05, 0) is 58.4 Å². The van der Waals surface area contributed by atoms with Crippen LogP contribution in [0.25, 0.3) is 0 Å². The predicted molar refractivity (Wildman–Crippen MR) is 59.5 cm³/mol. The Hall–Kier alpha value is -0.120. The first-order chi connectivity index (χ1) is 6.84. The van der Waals surface area contributed by atoms with Crippen LogP contribution < -0.4 is 10.6 Å². The summed E-state index contributed by atoms with van der Waals surface area (Å²) in [6.07, 6.45) is 4.00. The lowest BCUT2D eigenvalue weighted by Gasteiger charge is -2.25. The molecule has 0 saturated carbocycles. The average molecular weight is 197 g/mol. The summed E-state index contributed by atoms with van der Waals surface area (Å²) in [6.45, 7) is 6.20. The number of nitrogens with one attached hydrogen (secondary N) is 2. The van der Waals surface area contributed by atoms with E-state index in [4.69, 9.17) is 0 Å². The standard InChI is InChI=1S/C11H23N3/c1-14-7-4-10(9-14)8-13-11-2-5-12-6-3-11/h10-13H,2-9H2,1H3. The summed E-state index contributed by atoms with van der Waals surface area (Å²) in [5.41, 5.74) is 0. The van der Waals surface area contributed by atoms with Crippen LogP contribution in [-0.2, 0) is 0 Å². The largest absolute Gasteiger partial charge is 0.317 e. The molecule has 2 fully saturated rings. The number of nitrogens with zero attached hydrogens (tertiary/aromatic N) is 1. The molecule has 2 N–H and O–H groups in total.